The number of nitrogens with zero attached hydrogens (tertiary/aromatic N) is 3. The first-order valence-electron chi connectivity index (χ1n) is 9.65. The number of anilines is 1. The first kappa shape index (κ1) is 17.6. The number of pyridine rings is 1. The van der Waals surface area contributed by atoms with Crippen LogP contribution < -0.4 is 5.32 Å². The van der Waals surface area contributed by atoms with Crippen molar-refractivity contribution in [2.45, 2.75) is 37.8 Å². The minimum atomic E-state index is 0.0811. The molecule has 1 aromatic carbocycles. The van der Waals surface area contributed by atoms with Crippen molar-refractivity contribution in [1.29, 1.82) is 0 Å². The maximum atomic E-state index is 10.3. The van der Waals surface area contributed by atoms with Gasteiger partial charge in [0.25, 0.3) is 0 Å². The fourth-order valence-electron chi connectivity index (χ4n) is 4.35. The second-order valence-electron chi connectivity index (χ2n) is 7.69. The average Bonchev–Trinajstić information content (AvgIpc) is 3.04. The molecule has 144 valence electrons. The second-order valence-corrected chi connectivity index (χ2v) is 8.13. The molecular weight excluding hydrogens is 376 g/mol. The number of rotatable bonds is 3. The van der Waals surface area contributed by atoms with E-state index in [1.54, 1.807) is 24.5 Å². The van der Waals surface area contributed by atoms with Crippen LogP contribution in [0.3, 0.4) is 0 Å². The highest BCUT2D eigenvalue weighted by molar-refractivity contribution is 6.30. The van der Waals surface area contributed by atoms with Crippen molar-refractivity contribution in [2.75, 3.05) is 11.9 Å². The number of hydrogen-bond acceptors (Lipinski definition) is 6. The molecular formula is C21H21ClN4O2. The zero-order valence-corrected chi connectivity index (χ0v) is 16.1. The van der Waals surface area contributed by atoms with Crippen LogP contribution in [-0.4, -0.2) is 39.0 Å². The number of halogens is 1. The Balaban J connectivity index is 1.51. The summed E-state index contributed by atoms with van der Waals surface area (Å²) in [4.78, 5) is 4.28. The van der Waals surface area contributed by atoms with Gasteiger partial charge in [-0.2, -0.15) is 0 Å². The molecule has 2 aliphatic rings. The van der Waals surface area contributed by atoms with Gasteiger partial charge in [-0.3, -0.25) is 4.98 Å². The largest absolute Gasteiger partial charge is 0.507 e. The molecule has 1 unspecified atom stereocenters. The predicted molar refractivity (Wildman–Crippen MR) is 109 cm³/mol. The summed E-state index contributed by atoms with van der Waals surface area (Å²) in [7, 11) is 0. The van der Waals surface area contributed by atoms with Gasteiger partial charge >= 0.3 is 0 Å². The lowest BCUT2D eigenvalue weighted by Gasteiger charge is -2.22. The molecule has 1 saturated heterocycles. The van der Waals surface area contributed by atoms with E-state index < -0.39 is 0 Å². The van der Waals surface area contributed by atoms with Gasteiger partial charge in [0.2, 0.25) is 0 Å². The smallest absolute Gasteiger partial charge is 0.158 e. The molecule has 0 radical (unpaired) electrons. The number of hydrogen-bond donors (Lipinski definition) is 2. The van der Waals surface area contributed by atoms with E-state index in [2.05, 4.69) is 20.5 Å². The predicted octanol–water partition coefficient (Wildman–Crippen LogP) is 4.42. The topological polar surface area (TPSA) is 80.2 Å². The van der Waals surface area contributed by atoms with Crippen LogP contribution in [0.5, 0.6) is 5.75 Å². The average molecular weight is 397 g/mol. The van der Waals surface area contributed by atoms with Crippen LogP contribution in [0.15, 0.2) is 36.7 Å². The van der Waals surface area contributed by atoms with E-state index in [0.717, 1.165) is 36.0 Å². The van der Waals surface area contributed by atoms with Gasteiger partial charge in [-0.15, -0.1) is 10.2 Å². The lowest BCUT2D eigenvalue weighted by atomic mass is 10.0. The number of ether oxygens (including phenoxy) is 1. The van der Waals surface area contributed by atoms with Gasteiger partial charge in [0.1, 0.15) is 11.4 Å². The van der Waals surface area contributed by atoms with Gasteiger partial charge in [-0.25, -0.2) is 0 Å². The molecule has 1 saturated carbocycles. The maximum Gasteiger partial charge on any atom is 0.158 e. The summed E-state index contributed by atoms with van der Waals surface area (Å²) in [6.45, 7) is 0.906. The first-order chi connectivity index (χ1) is 13.7. The molecule has 3 atom stereocenters. The summed E-state index contributed by atoms with van der Waals surface area (Å²) < 4.78 is 5.89. The van der Waals surface area contributed by atoms with Crippen LogP contribution in [0.1, 0.15) is 25.7 Å². The number of fused-ring (bicyclic) bond motifs is 3. The molecule has 0 spiro atoms. The monoisotopic (exact) mass is 396 g/mol. The maximum absolute atomic E-state index is 10.3. The Morgan fingerprint density at radius 1 is 1.11 bits per heavy atom. The Morgan fingerprint density at radius 3 is 2.93 bits per heavy atom. The normalized spacial score (nSPS) is 24.2. The fourth-order valence-corrected chi connectivity index (χ4v) is 4.52. The third-order valence-corrected chi connectivity index (χ3v) is 6.01. The van der Waals surface area contributed by atoms with E-state index in [-0.39, 0.29) is 5.75 Å². The molecule has 3 aromatic rings. The molecule has 2 bridgehead atoms. The lowest BCUT2D eigenvalue weighted by Crippen LogP contribution is -2.25. The summed E-state index contributed by atoms with van der Waals surface area (Å²) in [5.41, 5.74) is 1.21. The molecule has 6 nitrogen and oxygen atoms in total. The van der Waals surface area contributed by atoms with Crippen molar-refractivity contribution in [3.8, 4) is 17.0 Å². The minimum Gasteiger partial charge on any atom is -0.507 e. The number of aromatic hydroxyl groups is 1. The highest BCUT2D eigenvalue weighted by Gasteiger charge is 2.32. The zero-order valence-electron chi connectivity index (χ0n) is 15.3. The quantitative estimate of drug-likeness (QED) is 0.682. The molecule has 3 heterocycles. The molecule has 2 N–H and O–H groups in total. The lowest BCUT2D eigenvalue weighted by molar-refractivity contribution is 0.0887. The van der Waals surface area contributed by atoms with Gasteiger partial charge in [0.15, 0.2) is 5.82 Å². The number of nitrogens with one attached hydrogen (secondary N) is 1. The van der Waals surface area contributed by atoms with Gasteiger partial charge in [0.05, 0.1) is 6.10 Å². The van der Waals surface area contributed by atoms with Crippen LogP contribution in [0, 0.1) is 5.92 Å². The van der Waals surface area contributed by atoms with Crippen LogP contribution in [0.2, 0.25) is 5.02 Å². The van der Waals surface area contributed by atoms with Crippen molar-refractivity contribution in [1.82, 2.24) is 15.2 Å². The van der Waals surface area contributed by atoms with Crippen molar-refractivity contribution in [3.05, 3.63) is 41.7 Å². The molecule has 1 aliphatic heterocycles. The van der Waals surface area contributed by atoms with Crippen LogP contribution >= 0.6 is 11.6 Å². The number of benzene rings is 1. The van der Waals surface area contributed by atoms with E-state index in [1.807, 2.05) is 6.07 Å². The summed E-state index contributed by atoms with van der Waals surface area (Å²) in [6, 6.07) is 7.21. The number of phenolic OH excluding ortho intramolecular Hbond substituents is 1. The van der Waals surface area contributed by atoms with Gasteiger partial charge < -0.3 is 15.2 Å². The highest BCUT2D eigenvalue weighted by atomic mass is 35.5. The Hall–Kier alpha value is -2.44. The van der Waals surface area contributed by atoms with E-state index in [9.17, 15) is 5.11 Å². The van der Waals surface area contributed by atoms with E-state index >= 15 is 0 Å². The zero-order chi connectivity index (χ0) is 19.1. The van der Waals surface area contributed by atoms with Crippen LogP contribution in [-0.2, 0) is 4.74 Å². The first-order valence-corrected chi connectivity index (χ1v) is 10.0. The summed E-state index contributed by atoms with van der Waals surface area (Å²) in [6.07, 6.45) is 8.29. The molecule has 5 rings (SSSR count). The summed E-state index contributed by atoms with van der Waals surface area (Å²) in [5.74, 6) is 1.50. The molecule has 1 aliphatic carbocycles. The third kappa shape index (κ3) is 3.27. The molecule has 2 fully saturated rings. The van der Waals surface area contributed by atoms with E-state index in [0.29, 0.717) is 34.3 Å². The SMILES string of the molecule is Oc1cc(Cl)ccc1-c1nnc(N[C@@H]2CCC3CO[C@H](C3)C2)c2cnccc12. The Bertz CT molecular complexity index is 1030. The minimum absolute atomic E-state index is 0.0811. The van der Waals surface area contributed by atoms with E-state index in [4.69, 9.17) is 16.3 Å². The second kappa shape index (κ2) is 7.18. The number of phenols is 1. The third-order valence-electron chi connectivity index (χ3n) is 5.77. The summed E-state index contributed by atoms with van der Waals surface area (Å²) in [5, 5.41) is 25.0. The Kier molecular flexibility index (Phi) is 4.53. The van der Waals surface area contributed by atoms with Crippen molar-refractivity contribution in [3.63, 3.8) is 0 Å². The molecule has 28 heavy (non-hydrogen) atoms. The molecule has 0 amide bonds. The van der Waals surface area contributed by atoms with E-state index in [1.165, 1.54) is 18.9 Å². The van der Waals surface area contributed by atoms with Crippen molar-refractivity contribution < 1.29 is 9.84 Å². The number of aromatic nitrogens is 3. The molecule has 2 aromatic heterocycles. The van der Waals surface area contributed by atoms with Gasteiger partial charge in [-0.1, -0.05) is 11.6 Å². The fraction of sp³-hybridized carbons (Fsp3) is 0.381. The van der Waals surface area contributed by atoms with Gasteiger partial charge in [0, 0.05) is 46.4 Å². The van der Waals surface area contributed by atoms with Crippen molar-refractivity contribution >= 4 is 28.2 Å². The standard InChI is InChI=1S/C21H21ClN4O2/c22-13-2-4-17(19(27)8-13)20-16-5-6-23-10-18(16)21(26-25-20)24-14-3-1-12-7-15(9-14)28-11-12/h2,4-6,8,10,12,14-15,27H,1,3,7,9,11H2,(H,24,26)/t12?,14-,15-/m1/s1. The van der Waals surface area contributed by atoms with Crippen LogP contribution in [0.25, 0.3) is 22.0 Å². The highest BCUT2D eigenvalue weighted by Crippen LogP contribution is 2.37. The summed E-state index contributed by atoms with van der Waals surface area (Å²) >= 11 is 5.97. The van der Waals surface area contributed by atoms with Crippen molar-refractivity contribution in [2.24, 2.45) is 5.92 Å². The Labute approximate surface area is 167 Å². The Morgan fingerprint density at radius 2 is 2.04 bits per heavy atom. The van der Waals surface area contributed by atoms with Gasteiger partial charge in [-0.05, 0) is 55.9 Å². The van der Waals surface area contributed by atoms with Crippen LogP contribution in [0.4, 0.5) is 5.82 Å². The molecule has 7 heteroatoms.